The highest BCUT2D eigenvalue weighted by Gasteiger charge is 2.13. The van der Waals surface area contributed by atoms with Gasteiger partial charge in [-0.2, -0.15) is 0 Å². The number of fused-ring (bicyclic) bond motifs is 1. The van der Waals surface area contributed by atoms with Crippen molar-refractivity contribution in [2.75, 3.05) is 0 Å². The van der Waals surface area contributed by atoms with Crippen molar-refractivity contribution in [3.8, 4) is 0 Å². The molecule has 0 saturated heterocycles. The Morgan fingerprint density at radius 2 is 1.76 bits per heavy atom. The molecule has 6 heteroatoms. The van der Waals surface area contributed by atoms with Crippen LogP contribution in [-0.4, -0.2) is 9.55 Å². The first-order valence-electron chi connectivity index (χ1n) is 5.05. The summed E-state index contributed by atoms with van der Waals surface area (Å²) in [5.74, 6) is -2.20. The lowest BCUT2D eigenvalue weighted by Crippen LogP contribution is -2.31. The van der Waals surface area contributed by atoms with Crippen LogP contribution in [0.25, 0.3) is 10.9 Å². The number of halogens is 2. The highest BCUT2D eigenvalue weighted by molar-refractivity contribution is 5.78. The lowest BCUT2D eigenvalue weighted by Gasteiger charge is -2.12. The Morgan fingerprint density at radius 3 is 2.35 bits per heavy atom. The van der Waals surface area contributed by atoms with Gasteiger partial charge < -0.3 is 0 Å². The van der Waals surface area contributed by atoms with Gasteiger partial charge >= 0.3 is 5.69 Å². The smallest absolute Gasteiger partial charge is 0.291 e. The number of hydrogen-bond acceptors (Lipinski definition) is 2. The summed E-state index contributed by atoms with van der Waals surface area (Å²) in [6.07, 6.45) is 0. The van der Waals surface area contributed by atoms with E-state index in [1.807, 2.05) is 0 Å². The quantitative estimate of drug-likeness (QED) is 0.822. The molecule has 90 valence electrons. The highest BCUT2D eigenvalue weighted by Crippen LogP contribution is 2.16. The van der Waals surface area contributed by atoms with Crippen molar-refractivity contribution in [1.29, 1.82) is 0 Å². The van der Waals surface area contributed by atoms with Crippen LogP contribution in [0, 0.1) is 11.6 Å². The summed E-state index contributed by atoms with van der Waals surface area (Å²) < 4.78 is 27.4. The number of rotatable bonds is 1. The van der Waals surface area contributed by atoms with Crippen LogP contribution in [0.5, 0.6) is 0 Å². The summed E-state index contributed by atoms with van der Waals surface area (Å²) in [4.78, 5) is 25.1. The Hall–Kier alpha value is -1.98. The Balaban J connectivity index is 3.06. The van der Waals surface area contributed by atoms with E-state index >= 15 is 0 Å². The topological polar surface area (TPSA) is 54.9 Å². The molecule has 17 heavy (non-hydrogen) atoms. The minimum Gasteiger partial charge on any atom is -0.291 e. The first-order chi connectivity index (χ1) is 7.91. The minimum absolute atomic E-state index is 0.0443. The molecule has 1 aromatic heterocycles. The number of hydrogen-bond donors (Lipinski definition) is 1. The number of benzene rings is 1. The molecule has 0 atom stereocenters. The van der Waals surface area contributed by atoms with Crippen LogP contribution in [-0.2, 0) is 0 Å². The van der Waals surface area contributed by atoms with Crippen LogP contribution in [0.4, 0.5) is 8.78 Å². The molecule has 2 aromatic rings. The van der Waals surface area contributed by atoms with Gasteiger partial charge in [-0.1, -0.05) is 0 Å². The monoisotopic (exact) mass is 240 g/mol. The Bertz CT molecular complexity index is 701. The molecule has 0 amide bonds. The molecular weight excluding hydrogens is 230 g/mol. The van der Waals surface area contributed by atoms with E-state index in [1.54, 1.807) is 13.8 Å². The number of nitrogens with zero attached hydrogens (tertiary/aromatic N) is 1. The van der Waals surface area contributed by atoms with Crippen LogP contribution in [0.3, 0.4) is 0 Å². The second-order valence-corrected chi connectivity index (χ2v) is 4.01. The predicted molar refractivity (Wildman–Crippen MR) is 59.1 cm³/mol. The van der Waals surface area contributed by atoms with Gasteiger partial charge in [-0.05, 0) is 19.9 Å². The van der Waals surface area contributed by atoms with E-state index in [1.165, 1.54) is 4.57 Å². The zero-order valence-corrected chi connectivity index (χ0v) is 9.25. The maximum atomic E-state index is 13.2. The second-order valence-electron chi connectivity index (χ2n) is 4.01. The number of aromatic nitrogens is 2. The second kappa shape index (κ2) is 3.80. The number of aromatic amines is 1. The molecule has 0 radical (unpaired) electrons. The maximum Gasteiger partial charge on any atom is 0.329 e. The fraction of sp³-hybridized carbons (Fsp3) is 0.273. The third-order valence-electron chi connectivity index (χ3n) is 2.50. The van der Waals surface area contributed by atoms with E-state index in [4.69, 9.17) is 0 Å². The van der Waals surface area contributed by atoms with E-state index in [9.17, 15) is 18.4 Å². The summed E-state index contributed by atoms with van der Waals surface area (Å²) >= 11 is 0. The highest BCUT2D eigenvalue weighted by atomic mass is 19.2. The van der Waals surface area contributed by atoms with Crippen molar-refractivity contribution in [2.24, 2.45) is 0 Å². The molecule has 1 aromatic carbocycles. The fourth-order valence-corrected chi connectivity index (χ4v) is 1.76. The molecule has 1 heterocycles. The van der Waals surface area contributed by atoms with E-state index in [0.29, 0.717) is 0 Å². The normalized spacial score (nSPS) is 11.4. The lowest BCUT2D eigenvalue weighted by atomic mass is 10.2. The van der Waals surface area contributed by atoms with Crippen molar-refractivity contribution in [2.45, 2.75) is 19.9 Å². The van der Waals surface area contributed by atoms with Crippen molar-refractivity contribution in [3.05, 3.63) is 44.6 Å². The van der Waals surface area contributed by atoms with Gasteiger partial charge in [-0.25, -0.2) is 13.6 Å². The molecule has 1 N–H and O–H groups in total. The molecular formula is C11H10F2N2O2. The largest absolute Gasteiger partial charge is 0.329 e. The summed E-state index contributed by atoms with van der Waals surface area (Å²) in [6.45, 7) is 3.42. The van der Waals surface area contributed by atoms with Crippen molar-refractivity contribution in [1.82, 2.24) is 9.55 Å². The van der Waals surface area contributed by atoms with Crippen molar-refractivity contribution < 1.29 is 8.78 Å². The van der Waals surface area contributed by atoms with Gasteiger partial charge in [0.25, 0.3) is 5.56 Å². The summed E-state index contributed by atoms with van der Waals surface area (Å²) in [5.41, 5.74) is -1.27. The fourth-order valence-electron chi connectivity index (χ4n) is 1.76. The predicted octanol–water partition coefficient (Wildman–Crippen LogP) is 1.55. The Labute approximate surface area is 94.5 Å². The van der Waals surface area contributed by atoms with Crippen LogP contribution < -0.4 is 11.2 Å². The van der Waals surface area contributed by atoms with E-state index < -0.39 is 22.9 Å². The molecule has 0 unspecified atom stereocenters. The average Bonchev–Trinajstić information content (AvgIpc) is 2.20. The van der Waals surface area contributed by atoms with E-state index in [-0.39, 0.29) is 16.9 Å². The van der Waals surface area contributed by atoms with E-state index in [2.05, 4.69) is 4.98 Å². The first-order valence-corrected chi connectivity index (χ1v) is 5.05. The van der Waals surface area contributed by atoms with Gasteiger partial charge in [-0.3, -0.25) is 14.3 Å². The zero-order valence-electron chi connectivity index (χ0n) is 9.25. The average molecular weight is 240 g/mol. The summed E-state index contributed by atoms with van der Waals surface area (Å²) in [5, 5.41) is -0.0443. The molecule has 0 aliphatic heterocycles. The maximum absolute atomic E-state index is 13.2. The van der Waals surface area contributed by atoms with Gasteiger partial charge in [0.2, 0.25) is 0 Å². The third kappa shape index (κ3) is 1.75. The number of H-pyrrole nitrogens is 1. The molecule has 0 saturated carbocycles. The summed E-state index contributed by atoms with van der Waals surface area (Å²) in [6, 6.07) is 1.38. The standard InChI is InChI=1S/C11H10F2N2O2/c1-5(2)15-9-4-8(13)7(12)3-6(9)10(16)14-11(15)17/h3-5H,1-2H3,(H,14,16,17). The van der Waals surface area contributed by atoms with Gasteiger partial charge in [0.1, 0.15) is 0 Å². The minimum atomic E-state index is -1.11. The SMILES string of the molecule is CC(C)n1c(=O)[nH]c(=O)c2cc(F)c(F)cc21. The molecule has 2 rings (SSSR count). The van der Waals surface area contributed by atoms with Crippen molar-refractivity contribution in [3.63, 3.8) is 0 Å². The first kappa shape index (κ1) is 11.5. The lowest BCUT2D eigenvalue weighted by molar-refractivity contribution is 0.508. The Morgan fingerprint density at radius 1 is 1.18 bits per heavy atom. The van der Waals surface area contributed by atoms with Gasteiger partial charge in [0.05, 0.1) is 10.9 Å². The van der Waals surface area contributed by atoms with Crippen LogP contribution >= 0.6 is 0 Å². The van der Waals surface area contributed by atoms with Crippen LogP contribution in [0.15, 0.2) is 21.7 Å². The molecule has 0 spiro atoms. The van der Waals surface area contributed by atoms with Crippen molar-refractivity contribution >= 4 is 10.9 Å². The Kier molecular flexibility index (Phi) is 2.57. The molecule has 0 bridgehead atoms. The molecule has 0 aliphatic carbocycles. The van der Waals surface area contributed by atoms with Crippen LogP contribution in [0.1, 0.15) is 19.9 Å². The number of nitrogens with one attached hydrogen (secondary N) is 1. The third-order valence-corrected chi connectivity index (χ3v) is 2.50. The molecule has 0 aliphatic rings. The van der Waals surface area contributed by atoms with E-state index in [0.717, 1.165) is 12.1 Å². The van der Waals surface area contributed by atoms with Gasteiger partial charge in [0, 0.05) is 12.1 Å². The summed E-state index contributed by atoms with van der Waals surface area (Å²) in [7, 11) is 0. The molecule has 4 nitrogen and oxygen atoms in total. The molecule has 0 fully saturated rings. The van der Waals surface area contributed by atoms with Crippen LogP contribution in [0.2, 0.25) is 0 Å². The zero-order chi connectivity index (χ0) is 12.7. The van der Waals surface area contributed by atoms with Gasteiger partial charge in [0.15, 0.2) is 11.6 Å². The van der Waals surface area contributed by atoms with Gasteiger partial charge in [-0.15, -0.1) is 0 Å².